The fraction of sp³-hybridized carbons (Fsp3) is 0.308. The van der Waals surface area contributed by atoms with Gasteiger partial charge in [-0.15, -0.1) is 0 Å². The van der Waals surface area contributed by atoms with E-state index >= 15 is 0 Å². The highest BCUT2D eigenvalue weighted by Gasteiger charge is 2.46. The molecule has 0 aliphatic rings. The van der Waals surface area contributed by atoms with Crippen molar-refractivity contribution in [3.8, 4) is 0 Å². The first-order chi connectivity index (χ1) is 22.0. The number of carbonyl (C=O) groups is 3. The molecule has 0 unspecified atom stereocenters. The molecule has 3 N–H and O–H groups in total. The summed E-state index contributed by atoms with van der Waals surface area (Å²) in [6.07, 6.45) is 0.953. The molecule has 0 radical (unpaired) electrons. The highest BCUT2D eigenvalue weighted by Crippen LogP contribution is 2.34. The Hall–Kier alpha value is -4.33. The van der Waals surface area contributed by atoms with Gasteiger partial charge in [0.2, 0.25) is 5.91 Å². The maximum atomic E-state index is 14.1. The zero-order chi connectivity index (χ0) is 33.2. The monoisotopic (exact) mass is 634 g/mol. The van der Waals surface area contributed by atoms with Gasteiger partial charge in [0.25, 0.3) is 8.32 Å². The van der Waals surface area contributed by atoms with Crippen LogP contribution in [0.5, 0.6) is 0 Å². The third-order valence-corrected chi connectivity index (χ3v) is 13.1. The largest absolute Gasteiger partial charge is 0.517 e. The molecule has 4 rings (SSSR count). The van der Waals surface area contributed by atoms with Crippen LogP contribution in [0.2, 0.25) is 13.1 Å². The van der Waals surface area contributed by atoms with Gasteiger partial charge in [-0.2, -0.15) is 0 Å². The van der Waals surface area contributed by atoms with Crippen LogP contribution < -0.4 is 11.1 Å². The molecule has 0 aliphatic heterocycles. The van der Waals surface area contributed by atoms with Gasteiger partial charge < -0.3 is 15.5 Å². The summed E-state index contributed by atoms with van der Waals surface area (Å²) in [5.41, 5.74) is 10.2. The maximum absolute atomic E-state index is 14.1. The second-order valence-corrected chi connectivity index (χ2v) is 17.5. The molecule has 0 fully saturated rings. The average molecular weight is 635 g/mol. The number of amides is 1. The third kappa shape index (κ3) is 9.34. The molecule has 0 aliphatic carbocycles. The van der Waals surface area contributed by atoms with E-state index in [0.717, 1.165) is 22.3 Å². The summed E-state index contributed by atoms with van der Waals surface area (Å²) in [5.74, 6) is -1.75. The molecule has 3 atom stereocenters. The first-order valence-corrected chi connectivity index (χ1v) is 18.9. The van der Waals surface area contributed by atoms with Crippen LogP contribution in [0.4, 0.5) is 0 Å². The van der Waals surface area contributed by atoms with E-state index in [1.54, 1.807) is 0 Å². The van der Waals surface area contributed by atoms with Crippen molar-refractivity contribution in [3.63, 3.8) is 0 Å². The van der Waals surface area contributed by atoms with Crippen molar-refractivity contribution in [2.24, 2.45) is 11.7 Å². The minimum absolute atomic E-state index is 0.0386. The highest BCUT2D eigenvalue weighted by molar-refractivity contribution is 6.75. The first kappa shape index (κ1) is 34.5. The van der Waals surface area contributed by atoms with E-state index in [2.05, 4.69) is 31.3 Å². The van der Waals surface area contributed by atoms with Gasteiger partial charge in [0.15, 0.2) is 5.78 Å². The van der Waals surface area contributed by atoms with Crippen molar-refractivity contribution in [1.82, 2.24) is 5.32 Å². The summed E-state index contributed by atoms with van der Waals surface area (Å²) in [6, 6.07) is 37.2. The summed E-state index contributed by atoms with van der Waals surface area (Å²) >= 11 is 0. The number of hydrogen-bond acceptors (Lipinski definition) is 5. The lowest BCUT2D eigenvalue weighted by atomic mass is 9.89. The summed E-state index contributed by atoms with van der Waals surface area (Å²) in [7, 11) is -2.70. The summed E-state index contributed by atoms with van der Waals surface area (Å²) in [5, 5.41) is 2.62. The van der Waals surface area contributed by atoms with Gasteiger partial charge in [-0.25, -0.2) is 0 Å². The second-order valence-electron chi connectivity index (χ2n) is 13.0. The highest BCUT2D eigenvalue weighted by atomic mass is 28.4. The van der Waals surface area contributed by atoms with Gasteiger partial charge in [-0.3, -0.25) is 14.4 Å². The van der Waals surface area contributed by atoms with E-state index in [-0.39, 0.29) is 29.6 Å². The van der Waals surface area contributed by atoms with Gasteiger partial charge in [0.05, 0.1) is 6.04 Å². The Morgan fingerprint density at radius 2 is 1.13 bits per heavy atom. The molecular formula is C39H46N2O4Si. The van der Waals surface area contributed by atoms with E-state index in [1.807, 2.05) is 122 Å². The Balaban J connectivity index is 1.56. The van der Waals surface area contributed by atoms with Gasteiger partial charge in [-0.1, -0.05) is 135 Å². The molecular weight excluding hydrogens is 589 g/mol. The average Bonchev–Trinajstić information content (AvgIpc) is 3.05. The third-order valence-electron chi connectivity index (χ3n) is 9.10. The molecule has 0 aromatic heterocycles. The van der Waals surface area contributed by atoms with Crippen LogP contribution in [-0.2, 0) is 43.1 Å². The van der Waals surface area contributed by atoms with Crippen LogP contribution in [-0.4, -0.2) is 38.1 Å². The molecule has 6 nitrogen and oxygen atoms in total. The molecule has 240 valence electrons. The van der Waals surface area contributed by atoms with Gasteiger partial charge in [-0.05, 0) is 48.2 Å². The number of hydrogen-bond donors (Lipinski definition) is 2. The predicted octanol–water partition coefficient (Wildman–Crippen LogP) is 6.37. The van der Waals surface area contributed by atoms with Crippen molar-refractivity contribution in [1.29, 1.82) is 0 Å². The Labute approximate surface area is 274 Å². The molecule has 7 heteroatoms. The number of carbonyl (C=O) groups excluding carboxylic acids is 3. The van der Waals surface area contributed by atoms with E-state index in [1.165, 1.54) is 0 Å². The smallest absolute Gasteiger partial charge is 0.315 e. The first-order valence-electron chi connectivity index (χ1n) is 15.9. The lowest BCUT2D eigenvalue weighted by Gasteiger charge is -2.40. The topological polar surface area (TPSA) is 98.5 Å². The zero-order valence-electron chi connectivity index (χ0n) is 27.3. The van der Waals surface area contributed by atoms with Crippen LogP contribution in [0.25, 0.3) is 0 Å². The summed E-state index contributed by atoms with van der Waals surface area (Å²) < 4.78 is 6.37. The van der Waals surface area contributed by atoms with E-state index < -0.39 is 32.3 Å². The number of benzene rings is 4. The molecule has 0 spiro atoms. The normalized spacial score (nSPS) is 13.7. The molecule has 0 heterocycles. The van der Waals surface area contributed by atoms with E-state index in [9.17, 15) is 14.4 Å². The van der Waals surface area contributed by atoms with Crippen LogP contribution in [0.1, 0.15) is 42.5 Å². The van der Waals surface area contributed by atoms with Crippen molar-refractivity contribution in [3.05, 3.63) is 144 Å². The Morgan fingerprint density at radius 3 is 1.63 bits per heavy atom. The van der Waals surface area contributed by atoms with Gasteiger partial charge >= 0.3 is 5.97 Å². The maximum Gasteiger partial charge on any atom is 0.315 e. The number of nitrogens with two attached hydrogens (primary N) is 1. The Kier molecular flexibility index (Phi) is 11.9. The van der Waals surface area contributed by atoms with Crippen LogP contribution in [0.15, 0.2) is 121 Å². The van der Waals surface area contributed by atoms with Crippen molar-refractivity contribution in [2.45, 2.75) is 69.7 Å². The molecule has 1 amide bonds. The molecule has 0 saturated heterocycles. The summed E-state index contributed by atoms with van der Waals surface area (Å²) in [6.45, 7) is 8.27. The fourth-order valence-corrected chi connectivity index (χ4v) is 7.28. The Bertz CT molecular complexity index is 1560. The quantitative estimate of drug-likeness (QED) is 0.148. The van der Waals surface area contributed by atoms with Crippen molar-refractivity contribution >= 4 is 26.0 Å². The molecule has 0 bridgehead atoms. The van der Waals surface area contributed by atoms with Crippen LogP contribution in [0, 0.1) is 5.92 Å². The molecule has 0 saturated carbocycles. The van der Waals surface area contributed by atoms with Crippen LogP contribution >= 0.6 is 0 Å². The second kappa shape index (κ2) is 15.8. The minimum Gasteiger partial charge on any atom is -0.517 e. The molecule has 46 heavy (non-hydrogen) atoms. The van der Waals surface area contributed by atoms with Gasteiger partial charge in [0, 0.05) is 23.8 Å². The predicted molar refractivity (Wildman–Crippen MR) is 187 cm³/mol. The summed E-state index contributed by atoms with van der Waals surface area (Å²) in [4.78, 5) is 41.5. The SMILES string of the molecule is CC(C)(c1ccccc1)[Si](C)(C)OC(=O)[C@H](Cc1ccccc1)NC(=O)[C@@H](CC(=O)[C@@H](N)Cc1ccccc1)Cc1ccccc1. The van der Waals surface area contributed by atoms with Crippen molar-refractivity contribution < 1.29 is 18.8 Å². The van der Waals surface area contributed by atoms with Crippen molar-refractivity contribution in [2.75, 3.05) is 0 Å². The fourth-order valence-electron chi connectivity index (χ4n) is 5.52. The molecule has 4 aromatic carbocycles. The van der Waals surface area contributed by atoms with Crippen LogP contribution in [0.3, 0.4) is 0 Å². The molecule has 4 aromatic rings. The van der Waals surface area contributed by atoms with Gasteiger partial charge in [0.1, 0.15) is 6.04 Å². The van der Waals surface area contributed by atoms with E-state index in [4.69, 9.17) is 10.2 Å². The number of nitrogens with one attached hydrogen (secondary N) is 1. The number of rotatable bonds is 15. The minimum atomic E-state index is -2.70. The number of ketones is 1. The lowest BCUT2D eigenvalue weighted by Crippen LogP contribution is -2.55. The Morgan fingerprint density at radius 1 is 0.696 bits per heavy atom. The van der Waals surface area contributed by atoms with E-state index in [0.29, 0.717) is 12.8 Å². The lowest BCUT2D eigenvalue weighted by molar-refractivity contribution is -0.141. The number of Topliss-reactive ketones (excluding diaryl/α,β-unsaturated/α-hetero) is 1. The standard InChI is InChI=1S/C39H46N2O4Si/c1-39(2,33-23-15-8-16-24-33)46(3,4)45-38(44)35(27-31-21-13-7-14-22-31)41-37(43)32(25-29-17-9-5-10-18-29)28-36(42)34(40)26-30-19-11-6-12-20-30/h5-24,32,34-35H,25-28,40H2,1-4H3,(H,41,43)/t32-,34+,35+/m1/s1. The zero-order valence-corrected chi connectivity index (χ0v) is 28.3.